The van der Waals surface area contributed by atoms with Crippen LogP contribution in [0.25, 0.3) is 0 Å². The van der Waals surface area contributed by atoms with E-state index in [0.717, 1.165) is 41.8 Å². The van der Waals surface area contributed by atoms with Gasteiger partial charge in [0.25, 0.3) is 0 Å². The number of nitrogens with zero attached hydrogens (tertiary/aromatic N) is 2. The zero-order valence-electron chi connectivity index (χ0n) is 20.1. The monoisotopic (exact) mass is 539 g/mol. The predicted molar refractivity (Wildman–Crippen MR) is 140 cm³/mol. The van der Waals surface area contributed by atoms with Crippen molar-refractivity contribution in [1.82, 2.24) is 10.2 Å². The molecule has 0 heterocycles. The molecular weight excluding hydrogens is 509 g/mol. The number of rotatable bonds is 9. The van der Waals surface area contributed by atoms with Crippen molar-refractivity contribution in [3.05, 3.63) is 63.6 Å². The van der Waals surface area contributed by atoms with E-state index in [2.05, 4.69) is 5.32 Å². The number of carbonyl (C=O) groups excluding carboxylic acids is 2. The quantitative estimate of drug-likeness (QED) is 0.506. The lowest BCUT2D eigenvalue weighted by Crippen LogP contribution is -2.52. The van der Waals surface area contributed by atoms with Gasteiger partial charge in [0.1, 0.15) is 12.6 Å². The second-order valence-electron chi connectivity index (χ2n) is 8.97. The molecular formula is C25H31Cl2N3O4S. The van der Waals surface area contributed by atoms with Crippen LogP contribution in [0.2, 0.25) is 10.0 Å². The SMILES string of the molecule is Cc1c(Cl)cccc1N(CC(=O)N(Cc1cccc(Cl)c1)[C@H](C)C(=O)NC1CCCC1)S(C)(=O)=O. The molecule has 0 saturated heterocycles. The number of carbonyl (C=O) groups is 2. The zero-order valence-corrected chi connectivity index (χ0v) is 22.5. The van der Waals surface area contributed by atoms with Gasteiger partial charge in [-0.3, -0.25) is 13.9 Å². The molecule has 2 aromatic rings. The molecule has 1 aliphatic carbocycles. The highest BCUT2D eigenvalue weighted by molar-refractivity contribution is 7.92. The molecule has 1 fully saturated rings. The number of hydrogen-bond acceptors (Lipinski definition) is 4. The van der Waals surface area contributed by atoms with Crippen LogP contribution in [0.15, 0.2) is 42.5 Å². The topological polar surface area (TPSA) is 86.8 Å². The third-order valence-electron chi connectivity index (χ3n) is 6.30. The summed E-state index contributed by atoms with van der Waals surface area (Å²) in [5.41, 5.74) is 1.59. The first-order valence-electron chi connectivity index (χ1n) is 11.5. The fourth-order valence-electron chi connectivity index (χ4n) is 4.27. The molecule has 7 nitrogen and oxygen atoms in total. The lowest BCUT2D eigenvalue weighted by Gasteiger charge is -2.32. The van der Waals surface area contributed by atoms with Crippen LogP contribution in [0.1, 0.15) is 43.7 Å². The second kappa shape index (κ2) is 11.6. The molecule has 2 amide bonds. The largest absolute Gasteiger partial charge is 0.352 e. The fraction of sp³-hybridized carbons (Fsp3) is 0.440. The first-order chi connectivity index (χ1) is 16.5. The van der Waals surface area contributed by atoms with E-state index in [9.17, 15) is 18.0 Å². The van der Waals surface area contributed by atoms with Crippen LogP contribution in [-0.4, -0.2) is 50.0 Å². The molecule has 3 rings (SSSR count). The van der Waals surface area contributed by atoms with E-state index in [4.69, 9.17) is 23.2 Å². The Morgan fingerprint density at radius 2 is 1.77 bits per heavy atom. The second-order valence-corrected chi connectivity index (χ2v) is 11.7. The minimum atomic E-state index is -3.82. The van der Waals surface area contributed by atoms with Crippen molar-refractivity contribution < 1.29 is 18.0 Å². The minimum absolute atomic E-state index is 0.0923. The van der Waals surface area contributed by atoms with Gasteiger partial charge in [-0.25, -0.2) is 8.42 Å². The molecule has 1 atom stereocenters. The molecule has 0 aliphatic heterocycles. The van der Waals surface area contributed by atoms with E-state index < -0.39 is 28.5 Å². The van der Waals surface area contributed by atoms with Gasteiger partial charge in [0.05, 0.1) is 11.9 Å². The highest BCUT2D eigenvalue weighted by Crippen LogP contribution is 2.28. The number of halogens is 2. The lowest BCUT2D eigenvalue weighted by molar-refractivity contribution is -0.139. The third kappa shape index (κ3) is 7.12. The van der Waals surface area contributed by atoms with Crippen molar-refractivity contribution in [2.24, 2.45) is 0 Å². The third-order valence-corrected chi connectivity index (χ3v) is 8.07. The van der Waals surface area contributed by atoms with Crippen LogP contribution in [0.5, 0.6) is 0 Å². The Hall–Kier alpha value is -2.29. The Balaban J connectivity index is 1.91. The molecule has 1 aliphatic rings. The standard InChI is InChI=1S/C25H31Cl2N3O4S/c1-17-22(27)12-7-13-23(17)30(35(3,33)34)16-24(31)29(15-19-8-6-9-20(26)14-19)18(2)25(32)28-21-10-4-5-11-21/h6-9,12-14,18,21H,4-5,10-11,15-16H2,1-3H3,(H,28,32)/t18-/m1/s1. The molecule has 0 spiro atoms. The van der Waals surface area contributed by atoms with Gasteiger partial charge in [0.15, 0.2) is 0 Å². The molecule has 10 heteroatoms. The van der Waals surface area contributed by atoms with E-state index in [-0.39, 0.29) is 18.5 Å². The van der Waals surface area contributed by atoms with E-state index in [1.165, 1.54) is 4.90 Å². The summed E-state index contributed by atoms with van der Waals surface area (Å²) >= 11 is 12.4. The van der Waals surface area contributed by atoms with Crippen LogP contribution in [-0.2, 0) is 26.2 Å². The molecule has 2 aromatic carbocycles. The van der Waals surface area contributed by atoms with Crippen molar-refractivity contribution in [2.45, 2.75) is 58.2 Å². The Morgan fingerprint density at radius 1 is 1.11 bits per heavy atom. The maximum Gasteiger partial charge on any atom is 0.244 e. The fourth-order valence-corrected chi connectivity index (χ4v) is 5.55. The highest BCUT2D eigenvalue weighted by atomic mass is 35.5. The van der Waals surface area contributed by atoms with E-state index >= 15 is 0 Å². The van der Waals surface area contributed by atoms with Gasteiger partial charge in [0.2, 0.25) is 21.8 Å². The van der Waals surface area contributed by atoms with E-state index in [0.29, 0.717) is 21.3 Å². The summed E-state index contributed by atoms with van der Waals surface area (Å²) in [4.78, 5) is 28.1. The maximum atomic E-state index is 13.6. The average Bonchev–Trinajstić information content (AvgIpc) is 3.29. The summed E-state index contributed by atoms with van der Waals surface area (Å²) in [6, 6.07) is 11.2. The van der Waals surface area contributed by atoms with Crippen LogP contribution in [0, 0.1) is 6.92 Å². The molecule has 0 aromatic heterocycles. The van der Waals surface area contributed by atoms with Gasteiger partial charge in [-0.2, -0.15) is 0 Å². The number of sulfonamides is 1. The van der Waals surface area contributed by atoms with Gasteiger partial charge >= 0.3 is 0 Å². The van der Waals surface area contributed by atoms with Gasteiger partial charge in [-0.15, -0.1) is 0 Å². The number of anilines is 1. The van der Waals surface area contributed by atoms with Gasteiger partial charge in [-0.05, 0) is 62.1 Å². The average molecular weight is 541 g/mol. The Kier molecular flexibility index (Phi) is 9.07. The maximum absolute atomic E-state index is 13.6. The molecule has 0 unspecified atom stereocenters. The summed E-state index contributed by atoms with van der Waals surface area (Å²) in [6.45, 7) is 2.98. The first-order valence-corrected chi connectivity index (χ1v) is 14.1. The normalized spacial score (nSPS) is 15.0. The van der Waals surface area contributed by atoms with Crippen LogP contribution >= 0.6 is 23.2 Å². The molecule has 1 saturated carbocycles. The Labute approximate surface area is 217 Å². The van der Waals surface area contributed by atoms with Crippen LogP contribution in [0.3, 0.4) is 0 Å². The van der Waals surface area contributed by atoms with Crippen LogP contribution in [0.4, 0.5) is 5.69 Å². The molecule has 190 valence electrons. The summed E-state index contributed by atoms with van der Waals surface area (Å²) in [6.07, 6.45) is 4.99. The molecule has 0 bridgehead atoms. The van der Waals surface area contributed by atoms with Crippen LogP contribution < -0.4 is 9.62 Å². The van der Waals surface area contributed by atoms with Gasteiger partial charge < -0.3 is 10.2 Å². The predicted octanol–water partition coefficient (Wildman–Crippen LogP) is 4.54. The lowest BCUT2D eigenvalue weighted by atomic mass is 10.1. The van der Waals surface area contributed by atoms with Crippen molar-refractivity contribution in [2.75, 3.05) is 17.1 Å². The molecule has 35 heavy (non-hydrogen) atoms. The van der Waals surface area contributed by atoms with Crippen molar-refractivity contribution in [3.63, 3.8) is 0 Å². The number of amides is 2. The zero-order chi connectivity index (χ0) is 25.8. The van der Waals surface area contributed by atoms with Gasteiger partial charge in [0, 0.05) is 22.6 Å². The number of benzene rings is 2. The summed E-state index contributed by atoms with van der Waals surface area (Å²) in [7, 11) is -3.82. The van der Waals surface area contributed by atoms with E-state index in [1.807, 2.05) is 6.07 Å². The summed E-state index contributed by atoms with van der Waals surface area (Å²) in [5, 5.41) is 3.93. The molecule has 1 N–H and O–H groups in total. The van der Waals surface area contributed by atoms with Crippen molar-refractivity contribution >= 4 is 50.7 Å². The smallest absolute Gasteiger partial charge is 0.244 e. The Morgan fingerprint density at radius 3 is 2.40 bits per heavy atom. The van der Waals surface area contributed by atoms with Crippen molar-refractivity contribution in [3.8, 4) is 0 Å². The summed E-state index contributed by atoms with van der Waals surface area (Å²) < 4.78 is 26.4. The number of nitrogens with one attached hydrogen (secondary N) is 1. The Bertz CT molecular complexity index is 1180. The minimum Gasteiger partial charge on any atom is -0.352 e. The van der Waals surface area contributed by atoms with E-state index in [1.54, 1.807) is 50.2 Å². The molecule has 0 radical (unpaired) electrons. The van der Waals surface area contributed by atoms with Crippen molar-refractivity contribution in [1.29, 1.82) is 0 Å². The highest BCUT2D eigenvalue weighted by Gasteiger charge is 2.32. The van der Waals surface area contributed by atoms with Gasteiger partial charge in [-0.1, -0.05) is 54.2 Å². The summed E-state index contributed by atoms with van der Waals surface area (Å²) in [5.74, 6) is -0.777. The number of hydrogen-bond donors (Lipinski definition) is 1. The first kappa shape index (κ1) is 27.3.